The number of rotatable bonds is 4. The van der Waals surface area contributed by atoms with Crippen molar-refractivity contribution >= 4 is 0 Å². The molecule has 0 N–H and O–H groups in total. The zero-order chi connectivity index (χ0) is 14.1. The Labute approximate surface area is 117 Å². The lowest BCUT2D eigenvalue weighted by Gasteiger charge is -2.12. The van der Waals surface area contributed by atoms with Gasteiger partial charge in [-0.25, -0.2) is 0 Å². The predicted molar refractivity (Wildman–Crippen MR) is 77.8 cm³/mol. The first-order valence-corrected chi connectivity index (χ1v) is 6.62. The Balaban J connectivity index is 2.01. The number of hydrogen-bond acceptors (Lipinski definition) is 2. The van der Waals surface area contributed by atoms with E-state index in [9.17, 15) is 0 Å². The van der Waals surface area contributed by atoms with Gasteiger partial charge in [-0.15, -0.1) is 0 Å². The molecule has 1 atom stereocenters. The highest BCUT2D eigenvalue weighted by Crippen LogP contribution is 2.39. The second-order valence-corrected chi connectivity index (χ2v) is 5.10. The smallest absolute Gasteiger partial charge is 0.119 e. The van der Waals surface area contributed by atoms with Crippen molar-refractivity contribution in [3.05, 3.63) is 52.0 Å². The molecular weight excluding hydrogens is 252 g/mol. The average molecular weight is 268 g/mol. The molecule has 5 nitrogen and oxygen atoms in total. The van der Waals surface area contributed by atoms with Crippen LogP contribution in [-0.2, 0) is 13.0 Å². The molecule has 0 fully saturated rings. The summed E-state index contributed by atoms with van der Waals surface area (Å²) in [7, 11) is 1.68. The summed E-state index contributed by atoms with van der Waals surface area (Å²) in [5.41, 5.74) is 13.6. The van der Waals surface area contributed by atoms with E-state index in [0.717, 1.165) is 12.2 Å². The summed E-state index contributed by atoms with van der Waals surface area (Å²) in [4.78, 5) is 2.87. The van der Waals surface area contributed by atoms with Gasteiger partial charge in [0, 0.05) is 29.6 Å². The van der Waals surface area contributed by atoms with Gasteiger partial charge in [-0.2, -0.15) is 0 Å². The minimum Gasteiger partial charge on any atom is -0.497 e. The molecule has 0 spiro atoms. The van der Waals surface area contributed by atoms with Crippen LogP contribution in [0.4, 0.5) is 0 Å². The van der Waals surface area contributed by atoms with Crippen LogP contribution in [0, 0.1) is 0 Å². The minimum absolute atomic E-state index is 0.0637. The normalized spacial score (nSPS) is 13.3. The van der Waals surface area contributed by atoms with Crippen molar-refractivity contribution in [3.8, 4) is 17.0 Å². The second-order valence-electron chi connectivity index (χ2n) is 5.10. The molecule has 102 valence electrons. The van der Waals surface area contributed by atoms with Crippen molar-refractivity contribution in [2.24, 2.45) is 5.11 Å². The largest absolute Gasteiger partial charge is 0.497 e. The van der Waals surface area contributed by atoms with Crippen LogP contribution in [0.5, 0.6) is 5.75 Å². The van der Waals surface area contributed by atoms with Crippen molar-refractivity contribution in [2.75, 3.05) is 7.11 Å². The molecule has 1 aliphatic carbocycles. The van der Waals surface area contributed by atoms with Crippen LogP contribution >= 0.6 is 0 Å². The van der Waals surface area contributed by atoms with Crippen LogP contribution in [0.15, 0.2) is 35.6 Å². The van der Waals surface area contributed by atoms with Crippen molar-refractivity contribution < 1.29 is 4.74 Å². The van der Waals surface area contributed by atoms with Gasteiger partial charge in [0.25, 0.3) is 0 Å². The molecule has 0 radical (unpaired) electrons. The zero-order valence-corrected chi connectivity index (χ0v) is 11.6. The lowest BCUT2D eigenvalue weighted by atomic mass is 10.1. The van der Waals surface area contributed by atoms with E-state index in [2.05, 4.69) is 39.0 Å². The Bertz CT molecular complexity index is 698. The zero-order valence-electron chi connectivity index (χ0n) is 11.6. The Hall–Kier alpha value is -2.39. The summed E-state index contributed by atoms with van der Waals surface area (Å²) < 4.78 is 7.48. The van der Waals surface area contributed by atoms with Crippen molar-refractivity contribution in [2.45, 2.75) is 25.9 Å². The van der Waals surface area contributed by atoms with Gasteiger partial charge in [-0.05, 0) is 34.9 Å². The summed E-state index contributed by atoms with van der Waals surface area (Å²) in [6, 6.07) is 8.28. The summed E-state index contributed by atoms with van der Waals surface area (Å²) in [5.74, 6) is 0.868. The van der Waals surface area contributed by atoms with Gasteiger partial charge in [0.1, 0.15) is 5.75 Å². The number of azide groups is 1. The third kappa shape index (κ3) is 2.02. The molecule has 0 amide bonds. The third-order valence-electron chi connectivity index (χ3n) is 3.71. The highest BCUT2D eigenvalue weighted by Gasteiger charge is 2.23. The topological polar surface area (TPSA) is 62.9 Å². The number of aromatic nitrogens is 1. The molecule has 1 aromatic carbocycles. The summed E-state index contributed by atoms with van der Waals surface area (Å²) in [6.07, 6.45) is 3.02. The maximum Gasteiger partial charge on any atom is 0.119 e. The molecule has 20 heavy (non-hydrogen) atoms. The standard InChI is InChI=1S/C15H16N4O/c1-10(17-18-16)9-19-6-5-12-7-11-3-4-13(20-2)8-14(11)15(12)19/h3-6,8,10H,7,9H2,1-2H3/t10-/m0/s1. The fourth-order valence-corrected chi connectivity index (χ4v) is 2.81. The summed E-state index contributed by atoms with van der Waals surface area (Å²) in [6.45, 7) is 2.61. The van der Waals surface area contributed by atoms with E-state index >= 15 is 0 Å². The van der Waals surface area contributed by atoms with E-state index in [1.54, 1.807) is 7.11 Å². The van der Waals surface area contributed by atoms with Crippen LogP contribution in [0.25, 0.3) is 21.7 Å². The highest BCUT2D eigenvalue weighted by atomic mass is 16.5. The third-order valence-corrected chi connectivity index (χ3v) is 3.71. The molecule has 0 saturated heterocycles. The predicted octanol–water partition coefficient (Wildman–Crippen LogP) is 3.77. The quantitative estimate of drug-likeness (QED) is 0.403. The first-order valence-electron chi connectivity index (χ1n) is 6.62. The molecule has 5 heteroatoms. The maximum atomic E-state index is 8.52. The monoisotopic (exact) mass is 268 g/mol. The van der Waals surface area contributed by atoms with Crippen LogP contribution in [0.2, 0.25) is 0 Å². The number of fused-ring (bicyclic) bond motifs is 3. The molecule has 2 aromatic rings. The van der Waals surface area contributed by atoms with Crippen molar-refractivity contribution in [1.82, 2.24) is 4.57 Å². The molecule has 0 saturated carbocycles. The van der Waals surface area contributed by atoms with Gasteiger partial charge in [-0.3, -0.25) is 0 Å². The van der Waals surface area contributed by atoms with E-state index in [1.807, 2.05) is 13.0 Å². The minimum atomic E-state index is -0.0637. The fourth-order valence-electron chi connectivity index (χ4n) is 2.81. The average Bonchev–Trinajstić information content (AvgIpc) is 2.98. The molecule has 1 aromatic heterocycles. The van der Waals surface area contributed by atoms with Crippen LogP contribution in [-0.4, -0.2) is 17.7 Å². The Kier molecular flexibility index (Phi) is 3.12. The van der Waals surface area contributed by atoms with Gasteiger partial charge in [0.2, 0.25) is 0 Å². The van der Waals surface area contributed by atoms with E-state index in [1.165, 1.54) is 22.4 Å². The van der Waals surface area contributed by atoms with E-state index < -0.39 is 0 Å². The van der Waals surface area contributed by atoms with Crippen molar-refractivity contribution in [1.29, 1.82) is 0 Å². The van der Waals surface area contributed by atoms with Gasteiger partial charge >= 0.3 is 0 Å². The van der Waals surface area contributed by atoms with E-state index in [0.29, 0.717) is 6.54 Å². The molecule has 0 unspecified atom stereocenters. The van der Waals surface area contributed by atoms with Gasteiger partial charge in [-0.1, -0.05) is 18.1 Å². The lowest BCUT2D eigenvalue weighted by Crippen LogP contribution is -2.09. The number of nitrogens with zero attached hydrogens (tertiary/aromatic N) is 4. The van der Waals surface area contributed by atoms with Gasteiger partial charge in [0.05, 0.1) is 18.8 Å². The maximum absolute atomic E-state index is 8.52. The SMILES string of the molecule is COc1ccc2c(c1)-c1c(ccn1C[C@H](C)N=[N+]=[N-])C2. The Morgan fingerprint density at radius 3 is 3.00 bits per heavy atom. The number of benzene rings is 1. The van der Waals surface area contributed by atoms with Crippen LogP contribution in [0.3, 0.4) is 0 Å². The number of methoxy groups -OCH3 is 1. The Morgan fingerprint density at radius 1 is 1.40 bits per heavy atom. The van der Waals surface area contributed by atoms with E-state index in [-0.39, 0.29) is 6.04 Å². The van der Waals surface area contributed by atoms with E-state index in [4.69, 9.17) is 10.3 Å². The van der Waals surface area contributed by atoms with Gasteiger partial charge < -0.3 is 9.30 Å². The fraction of sp³-hybridized carbons (Fsp3) is 0.333. The first-order chi connectivity index (χ1) is 9.72. The van der Waals surface area contributed by atoms with Crippen LogP contribution < -0.4 is 4.74 Å². The van der Waals surface area contributed by atoms with Crippen LogP contribution in [0.1, 0.15) is 18.1 Å². The molecule has 1 heterocycles. The van der Waals surface area contributed by atoms with Gasteiger partial charge in [0.15, 0.2) is 0 Å². The second kappa shape index (κ2) is 4.94. The summed E-state index contributed by atoms with van der Waals surface area (Å²) in [5, 5.41) is 3.75. The molecule has 3 rings (SSSR count). The number of hydrogen-bond donors (Lipinski definition) is 0. The molecule has 0 bridgehead atoms. The van der Waals surface area contributed by atoms with Crippen molar-refractivity contribution in [3.63, 3.8) is 0 Å². The molecule has 0 aliphatic heterocycles. The Morgan fingerprint density at radius 2 is 2.25 bits per heavy atom. The first kappa shape index (κ1) is 12.6. The lowest BCUT2D eigenvalue weighted by molar-refractivity contribution is 0.415. The highest BCUT2D eigenvalue weighted by molar-refractivity contribution is 5.75. The molecule has 1 aliphatic rings. The molecular formula is C15H16N4O. The summed E-state index contributed by atoms with van der Waals surface area (Å²) >= 11 is 0. The number of ether oxygens (including phenoxy) is 1.